The largest absolute Gasteiger partial charge is 0.497 e. The van der Waals surface area contributed by atoms with Crippen molar-refractivity contribution < 1.29 is 14.3 Å². The lowest BCUT2D eigenvalue weighted by Crippen LogP contribution is -2.48. The highest BCUT2D eigenvalue weighted by Gasteiger charge is 2.21. The minimum Gasteiger partial charge on any atom is -0.497 e. The van der Waals surface area contributed by atoms with E-state index in [-0.39, 0.29) is 12.1 Å². The van der Waals surface area contributed by atoms with Crippen LogP contribution in [0.3, 0.4) is 0 Å². The van der Waals surface area contributed by atoms with Gasteiger partial charge in [-0.15, -0.1) is 0 Å². The van der Waals surface area contributed by atoms with E-state index >= 15 is 0 Å². The third-order valence-corrected chi connectivity index (χ3v) is 4.97. The molecule has 1 saturated heterocycles. The van der Waals surface area contributed by atoms with Crippen LogP contribution in [-0.2, 0) is 6.42 Å². The SMILES string of the molecule is COc1ccc(OC)c(CCNC(=O)NC2CCN(c3ccccn3)CC2)c1. The molecule has 1 fully saturated rings. The second-order valence-electron chi connectivity index (χ2n) is 6.78. The van der Waals surface area contributed by atoms with Gasteiger partial charge in [-0.2, -0.15) is 0 Å². The number of methoxy groups -OCH3 is 2. The van der Waals surface area contributed by atoms with Gasteiger partial charge in [0, 0.05) is 31.9 Å². The van der Waals surface area contributed by atoms with E-state index in [2.05, 4.69) is 20.5 Å². The number of carbonyl (C=O) groups is 1. The average molecular weight is 384 g/mol. The first-order valence-electron chi connectivity index (χ1n) is 9.61. The molecule has 1 aromatic heterocycles. The van der Waals surface area contributed by atoms with Crippen molar-refractivity contribution in [3.63, 3.8) is 0 Å². The van der Waals surface area contributed by atoms with Gasteiger partial charge in [-0.1, -0.05) is 6.07 Å². The molecule has 150 valence electrons. The number of nitrogens with one attached hydrogen (secondary N) is 2. The van der Waals surface area contributed by atoms with Crippen molar-refractivity contribution in [1.29, 1.82) is 0 Å². The van der Waals surface area contributed by atoms with Gasteiger partial charge in [0.05, 0.1) is 14.2 Å². The number of hydrogen-bond donors (Lipinski definition) is 2. The average Bonchev–Trinajstić information content (AvgIpc) is 2.74. The number of urea groups is 1. The molecule has 0 radical (unpaired) electrons. The van der Waals surface area contributed by atoms with Crippen LogP contribution in [0.4, 0.5) is 10.6 Å². The van der Waals surface area contributed by atoms with Crippen molar-refractivity contribution in [2.24, 2.45) is 0 Å². The number of piperidine rings is 1. The quantitative estimate of drug-likeness (QED) is 0.768. The number of pyridine rings is 1. The zero-order chi connectivity index (χ0) is 19.8. The summed E-state index contributed by atoms with van der Waals surface area (Å²) in [6.07, 6.45) is 4.30. The maximum Gasteiger partial charge on any atom is 0.315 e. The van der Waals surface area contributed by atoms with Gasteiger partial charge >= 0.3 is 6.03 Å². The fourth-order valence-electron chi connectivity index (χ4n) is 3.42. The number of amides is 2. The van der Waals surface area contributed by atoms with Crippen LogP contribution in [0.15, 0.2) is 42.6 Å². The van der Waals surface area contributed by atoms with Crippen LogP contribution in [0.5, 0.6) is 11.5 Å². The molecule has 0 aliphatic carbocycles. The van der Waals surface area contributed by atoms with Gasteiger partial charge in [-0.25, -0.2) is 9.78 Å². The van der Waals surface area contributed by atoms with Crippen LogP contribution < -0.4 is 25.0 Å². The molecule has 1 aliphatic heterocycles. The fourth-order valence-corrected chi connectivity index (χ4v) is 3.42. The lowest BCUT2D eigenvalue weighted by atomic mass is 10.1. The molecule has 2 N–H and O–H groups in total. The summed E-state index contributed by atoms with van der Waals surface area (Å²) < 4.78 is 10.6. The van der Waals surface area contributed by atoms with Gasteiger partial charge < -0.3 is 25.0 Å². The molecule has 2 amide bonds. The number of carbonyl (C=O) groups excluding carboxylic acids is 1. The molecule has 28 heavy (non-hydrogen) atoms. The van der Waals surface area contributed by atoms with Crippen LogP contribution in [0.1, 0.15) is 18.4 Å². The van der Waals surface area contributed by atoms with Gasteiger partial charge in [0.2, 0.25) is 0 Å². The number of hydrogen-bond acceptors (Lipinski definition) is 5. The summed E-state index contributed by atoms with van der Waals surface area (Å²) in [6, 6.07) is 11.7. The second kappa shape index (κ2) is 9.82. The topological polar surface area (TPSA) is 75.7 Å². The Balaban J connectivity index is 1.41. The number of benzene rings is 1. The van der Waals surface area contributed by atoms with Crippen LogP contribution >= 0.6 is 0 Å². The Morgan fingerprint density at radius 2 is 2.00 bits per heavy atom. The van der Waals surface area contributed by atoms with Crippen molar-refractivity contribution in [3.05, 3.63) is 48.2 Å². The van der Waals surface area contributed by atoms with E-state index in [9.17, 15) is 4.79 Å². The van der Waals surface area contributed by atoms with Crippen molar-refractivity contribution in [2.75, 3.05) is 38.8 Å². The molecule has 0 unspecified atom stereocenters. The maximum absolute atomic E-state index is 12.2. The molecule has 3 rings (SSSR count). The third kappa shape index (κ3) is 5.28. The Bertz CT molecular complexity index is 762. The number of rotatable bonds is 7. The van der Waals surface area contributed by atoms with E-state index < -0.39 is 0 Å². The molecule has 2 heterocycles. The van der Waals surface area contributed by atoms with E-state index in [0.29, 0.717) is 13.0 Å². The highest BCUT2D eigenvalue weighted by atomic mass is 16.5. The molecule has 2 aromatic rings. The molecule has 0 saturated carbocycles. The molecule has 0 spiro atoms. The predicted molar refractivity (Wildman–Crippen MR) is 109 cm³/mol. The Hall–Kier alpha value is -2.96. The molecule has 0 bridgehead atoms. The molecule has 1 aromatic carbocycles. The normalized spacial score (nSPS) is 14.4. The minimum atomic E-state index is -0.127. The minimum absolute atomic E-state index is 0.127. The molecule has 7 nitrogen and oxygen atoms in total. The molecule has 7 heteroatoms. The van der Waals surface area contributed by atoms with E-state index in [1.54, 1.807) is 14.2 Å². The van der Waals surface area contributed by atoms with Crippen molar-refractivity contribution in [2.45, 2.75) is 25.3 Å². The number of ether oxygens (including phenoxy) is 2. The lowest BCUT2D eigenvalue weighted by Gasteiger charge is -2.33. The smallest absolute Gasteiger partial charge is 0.315 e. The first-order chi connectivity index (χ1) is 13.7. The van der Waals surface area contributed by atoms with Crippen LogP contribution in [0.25, 0.3) is 0 Å². The monoisotopic (exact) mass is 384 g/mol. The molecule has 0 atom stereocenters. The highest BCUT2D eigenvalue weighted by molar-refractivity contribution is 5.74. The van der Waals surface area contributed by atoms with Gasteiger partial charge in [0.15, 0.2) is 0 Å². The number of aromatic nitrogens is 1. The standard InChI is InChI=1S/C21H28N4O3/c1-27-18-6-7-19(28-2)16(15-18)8-12-23-21(26)24-17-9-13-25(14-10-17)20-5-3-4-11-22-20/h3-7,11,15,17H,8-10,12-14H2,1-2H3,(H2,23,24,26). The van der Waals surface area contributed by atoms with Crippen LogP contribution in [0.2, 0.25) is 0 Å². The van der Waals surface area contributed by atoms with Gasteiger partial charge in [0.25, 0.3) is 0 Å². The summed E-state index contributed by atoms with van der Waals surface area (Å²) in [5.41, 5.74) is 1.01. The van der Waals surface area contributed by atoms with Crippen LogP contribution in [-0.4, -0.2) is 50.9 Å². The Kier molecular flexibility index (Phi) is 6.94. The third-order valence-electron chi connectivity index (χ3n) is 4.97. The molecular formula is C21H28N4O3. The predicted octanol–water partition coefficient (Wildman–Crippen LogP) is 2.61. The second-order valence-corrected chi connectivity index (χ2v) is 6.78. The Labute approximate surface area is 166 Å². The zero-order valence-electron chi connectivity index (χ0n) is 16.5. The summed E-state index contributed by atoms with van der Waals surface area (Å²) >= 11 is 0. The number of anilines is 1. The first kappa shape index (κ1) is 19.8. The van der Waals surface area contributed by atoms with Crippen molar-refractivity contribution in [3.8, 4) is 11.5 Å². The first-order valence-corrected chi connectivity index (χ1v) is 9.61. The van der Waals surface area contributed by atoms with Gasteiger partial charge in [0.1, 0.15) is 17.3 Å². The maximum atomic E-state index is 12.2. The van der Waals surface area contributed by atoms with E-state index in [1.165, 1.54) is 0 Å². The van der Waals surface area contributed by atoms with E-state index in [0.717, 1.165) is 48.8 Å². The summed E-state index contributed by atoms with van der Waals surface area (Å²) in [5, 5.41) is 6.01. The van der Waals surface area contributed by atoms with E-state index in [1.807, 2.05) is 42.6 Å². The highest BCUT2D eigenvalue weighted by Crippen LogP contribution is 2.24. The van der Waals surface area contributed by atoms with Gasteiger partial charge in [-0.3, -0.25) is 0 Å². The summed E-state index contributed by atoms with van der Waals surface area (Å²) in [4.78, 5) is 18.9. The van der Waals surface area contributed by atoms with Crippen LogP contribution in [0, 0.1) is 0 Å². The molecular weight excluding hydrogens is 356 g/mol. The summed E-state index contributed by atoms with van der Waals surface area (Å²) in [5.74, 6) is 2.57. The Morgan fingerprint density at radius 1 is 1.18 bits per heavy atom. The van der Waals surface area contributed by atoms with Crippen molar-refractivity contribution in [1.82, 2.24) is 15.6 Å². The Morgan fingerprint density at radius 3 is 2.68 bits per heavy atom. The molecule has 1 aliphatic rings. The fraction of sp³-hybridized carbons (Fsp3) is 0.429. The van der Waals surface area contributed by atoms with Crippen molar-refractivity contribution >= 4 is 11.8 Å². The lowest BCUT2D eigenvalue weighted by molar-refractivity contribution is 0.234. The summed E-state index contributed by atoms with van der Waals surface area (Å²) in [7, 11) is 3.28. The zero-order valence-corrected chi connectivity index (χ0v) is 16.5. The summed E-state index contributed by atoms with van der Waals surface area (Å²) in [6.45, 7) is 2.31. The van der Waals surface area contributed by atoms with Gasteiger partial charge in [-0.05, 0) is 55.2 Å². The number of nitrogens with zero attached hydrogens (tertiary/aromatic N) is 2. The van der Waals surface area contributed by atoms with E-state index in [4.69, 9.17) is 9.47 Å².